The predicted octanol–water partition coefficient (Wildman–Crippen LogP) is 2.83. The fraction of sp³-hybridized carbons (Fsp3) is 0.400. The molecule has 0 saturated heterocycles. The molecule has 6 nitrogen and oxygen atoms in total. The molecule has 1 aliphatic rings. The third kappa shape index (κ3) is 3.12. The van der Waals surface area contributed by atoms with Gasteiger partial charge in [-0.3, -0.25) is 0 Å². The van der Waals surface area contributed by atoms with E-state index in [0.717, 1.165) is 43.4 Å². The zero-order valence-corrected chi connectivity index (χ0v) is 15.7. The Bertz CT molecular complexity index is 907. The van der Waals surface area contributed by atoms with Gasteiger partial charge in [-0.15, -0.1) is 0 Å². The van der Waals surface area contributed by atoms with Crippen molar-refractivity contribution in [2.75, 3.05) is 18.4 Å². The van der Waals surface area contributed by atoms with Gasteiger partial charge in [0.05, 0.1) is 17.6 Å². The lowest BCUT2D eigenvalue weighted by Gasteiger charge is -2.25. The van der Waals surface area contributed by atoms with Crippen molar-refractivity contribution in [1.82, 2.24) is 24.9 Å². The molecule has 2 aromatic heterocycles. The molecule has 1 unspecified atom stereocenters. The summed E-state index contributed by atoms with van der Waals surface area (Å²) in [4.78, 5) is 0. The van der Waals surface area contributed by atoms with Crippen LogP contribution in [0.3, 0.4) is 0 Å². The molecule has 0 spiro atoms. The first kappa shape index (κ1) is 16.8. The van der Waals surface area contributed by atoms with E-state index >= 15 is 0 Å². The average molecular weight is 350 g/mol. The highest BCUT2D eigenvalue weighted by atomic mass is 15.3. The van der Waals surface area contributed by atoms with Gasteiger partial charge in [0.1, 0.15) is 5.82 Å². The van der Waals surface area contributed by atoms with E-state index < -0.39 is 0 Å². The third-order valence-electron chi connectivity index (χ3n) is 5.24. The molecule has 0 aliphatic carbocycles. The molecule has 0 saturated carbocycles. The van der Waals surface area contributed by atoms with Gasteiger partial charge in [-0.1, -0.05) is 18.2 Å². The molecular weight excluding hydrogens is 324 g/mol. The highest BCUT2D eigenvalue weighted by Gasteiger charge is 2.19. The number of aromatic nitrogens is 4. The maximum absolute atomic E-state index is 4.78. The minimum absolute atomic E-state index is 0.537. The van der Waals surface area contributed by atoms with Crippen LogP contribution in [-0.2, 0) is 13.1 Å². The molecule has 1 atom stereocenters. The van der Waals surface area contributed by atoms with Gasteiger partial charge >= 0.3 is 0 Å². The number of nitrogens with zero attached hydrogens (tertiary/aromatic N) is 4. The number of fused-ring (bicyclic) bond motifs is 1. The van der Waals surface area contributed by atoms with Crippen molar-refractivity contribution >= 4 is 5.82 Å². The van der Waals surface area contributed by atoms with E-state index in [2.05, 4.69) is 65.5 Å². The number of rotatable bonds is 5. The van der Waals surface area contributed by atoms with E-state index in [4.69, 9.17) is 5.10 Å². The van der Waals surface area contributed by atoms with E-state index in [0.29, 0.717) is 5.92 Å². The van der Waals surface area contributed by atoms with Crippen LogP contribution in [0.1, 0.15) is 22.5 Å². The van der Waals surface area contributed by atoms with Crippen molar-refractivity contribution in [1.29, 1.82) is 0 Å². The van der Waals surface area contributed by atoms with Crippen LogP contribution in [0, 0.1) is 26.7 Å². The summed E-state index contributed by atoms with van der Waals surface area (Å²) in [6.07, 6.45) is 1.85. The molecule has 136 valence electrons. The normalized spacial score (nSPS) is 16.3. The lowest BCUT2D eigenvalue weighted by Crippen LogP contribution is -2.35. The van der Waals surface area contributed by atoms with Gasteiger partial charge < -0.3 is 10.6 Å². The van der Waals surface area contributed by atoms with Gasteiger partial charge in [0.15, 0.2) is 0 Å². The van der Waals surface area contributed by atoms with E-state index in [1.54, 1.807) is 0 Å². The second-order valence-corrected chi connectivity index (χ2v) is 7.12. The molecule has 0 radical (unpaired) electrons. The number of hydrogen-bond donors (Lipinski definition) is 2. The van der Waals surface area contributed by atoms with Crippen molar-refractivity contribution in [3.8, 4) is 5.69 Å². The van der Waals surface area contributed by atoms with Crippen molar-refractivity contribution < 1.29 is 0 Å². The summed E-state index contributed by atoms with van der Waals surface area (Å²) < 4.78 is 4.11. The minimum Gasteiger partial charge on any atom is -0.370 e. The quantitative estimate of drug-likeness (QED) is 0.743. The topological polar surface area (TPSA) is 59.7 Å². The number of benzene rings is 1. The Balaban J connectivity index is 1.42. The molecule has 0 amide bonds. The second-order valence-electron chi connectivity index (χ2n) is 7.12. The molecule has 2 N–H and O–H groups in total. The molecule has 1 aromatic carbocycles. The standard InChI is InChI=1S/C20H26N6/c1-14-6-4-5-7-19(14)26-16(3)18(15(2)24-26)12-21-10-17-11-22-20-8-9-23-25(20)13-17/h4-9,17,21-22H,10-13H2,1-3H3. The smallest absolute Gasteiger partial charge is 0.124 e. The summed E-state index contributed by atoms with van der Waals surface area (Å²) in [5, 5.41) is 16.2. The lowest BCUT2D eigenvalue weighted by atomic mass is 10.1. The highest BCUT2D eigenvalue weighted by Crippen LogP contribution is 2.21. The molecule has 1 aliphatic heterocycles. The van der Waals surface area contributed by atoms with Crippen molar-refractivity contribution in [2.24, 2.45) is 5.92 Å². The van der Waals surface area contributed by atoms with Crippen LogP contribution in [0.4, 0.5) is 5.82 Å². The molecule has 0 fully saturated rings. The van der Waals surface area contributed by atoms with Crippen LogP contribution in [-0.4, -0.2) is 32.7 Å². The summed E-state index contributed by atoms with van der Waals surface area (Å²) in [7, 11) is 0. The number of anilines is 1. The maximum Gasteiger partial charge on any atom is 0.124 e. The van der Waals surface area contributed by atoms with Gasteiger partial charge in [-0.05, 0) is 32.4 Å². The van der Waals surface area contributed by atoms with Gasteiger partial charge in [0.25, 0.3) is 0 Å². The van der Waals surface area contributed by atoms with Crippen LogP contribution >= 0.6 is 0 Å². The van der Waals surface area contributed by atoms with Gasteiger partial charge in [0, 0.05) is 49.4 Å². The van der Waals surface area contributed by atoms with Crippen LogP contribution in [0.5, 0.6) is 0 Å². The monoisotopic (exact) mass is 350 g/mol. The van der Waals surface area contributed by atoms with E-state index in [1.165, 1.54) is 16.8 Å². The average Bonchev–Trinajstić information content (AvgIpc) is 3.21. The summed E-state index contributed by atoms with van der Waals surface area (Å²) in [6.45, 7) is 10.1. The molecule has 6 heteroatoms. The molecule has 26 heavy (non-hydrogen) atoms. The highest BCUT2D eigenvalue weighted by molar-refractivity contribution is 5.42. The van der Waals surface area contributed by atoms with Crippen molar-refractivity contribution in [3.63, 3.8) is 0 Å². The fourth-order valence-electron chi connectivity index (χ4n) is 3.69. The van der Waals surface area contributed by atoms with E-state index in [1.807, 2.05) is 16.9 Å². The van der Waals surface area contributed by atoms with Crippen LogP contribution in [0.25, 0.3) is 5.69 Å². The zero-order chi connectivity index (χ0) is 18.1. The summed E-state index contributed by atoms with van der Waals surface area (Å²) in [5.41, 5.74) is 5.98. The Kier molecular flexibility index (Phi) is 4.51. The first-order chi connectivity index (χ1) is 12.6. The van der Waals surface area contributed by atoms with Gasteiger partial charge in [-0.25, -0.2) is 9.36 Å². The largest absolute Gasteiger partial charge is 0.370 e. The fourth-order valence-corrected chi connectivity index (χ4v) is 3.69. The number of aryl methyl sites for hydroxylation is 2. The number of para-hydroxylation sites is 1. The first-order valence-electron chi connectivity index (χ1n) is 9.21. The summed E-state index contributed by atoms with van der Waals surface area (Å²) in [5.74, 6) is 1.65. The molecule has 0 bridgehead atoms. The van der Waals surface area contributed by atoms with Crippen molar-refractivity contribution in [3.05, 3.63) is 59.0 Å². The van der Waals surface area contributed by atoms with E-state index in [-0.39, 0.29) is 0 Å². The number of nitrogens with one attached hydrogen (secondary N) is 2. The summed E-state index contributed by atoms with van der Waals surface area (Å²) in [6, 6.07) is 10.4. The Morgan fingerprint density at radius 2 is 2.04 bits per heavy atom. The van der Waals surface area contributed by atoms with Crippen LogP contribution < -0.4 is 10.6 Å². The molecule has 4 rings (SSSR count). The molecular formula is C20H26N6. The second kappa shape index (κ2) is 6.96. The first-order valence-corrected chi connectivity index (χ1v) is 9.21. The van der Waals surface area contributed by atoms with E-state index in [9.17, 15) is 0 Å². The van der Waals surface area contributed by atoms with Crippen molar-refractivity contribution in [2.45, 2.75) is 33.9 Å². The Labute approximate surface area is 154 Å². The number of hydrogen-bond acceptors (Lipinski definition) is 4. The molecule has 3 heterocycles. The van der Waals surface area contributed by atoms with Gasteiger partial charge in [0.2, 0.25) is 0 Å². The zero-order valence-electron chi connectivity index (χ0n) is 15.7. The third-order valence-corrected chi connectivity index (χ3v) is 5.24. The molecule has 3 aromatic rings. The lowest BCUT2D eigenvalue weighted by molar-refractivity contribution is 0.391. The van der Waals surface area contributed by atoms with Crippen LogP contribution in [0.15, 0.2) is 36.5 Å². The summed E-state index contributed by atoms with van der Waals surface area (Å²) >= 11 is 0. The predicted molar refractivity (Wildman–Crippen MR) is 104 cm³/mol. The Hall–Kier alpha value is -2.60. The maximum atomic E-state index is 4.78. The minimum atomic E-state index is 0.537. The Morgan fingerprint density at radius 1 is 1.19 bits per heavy atom. The van der Waals surface area contributed by atoms with Crippen LogP contribution in [0.2, 0.25) is 0 Å². The van der Waals surface area contributed by atoms with Gasteiger partial charge in [-0.2, -0.15) is 10.2 Å². The SMILES string of the molecule is Cc1ccccc1-n1nc(C)c(CNCC2CNc3ccnn3C2)c1C. The Morgan fingerprint density at radius 3 is 2.88 bits per heavy atom.